The summed E-state index contributed by atoms with van der Waals surface area (Å²) in [4.78, 5) is 4.24. The van der Waals surface area contributed by atoms with Crippen LogP contribution in [0.15, 0.2) is 42.5 Å². The van der Waals surface area contributed by atoms with E-state index in [2.05, 4.69) is 15.7 Å². The first-order chi connectivity index (χ1) is 8.69. The van der Waals surface area contributed by atoms with E-state index in [1.807, 2.05) is 25.1 Å². The Morgan fingerprint density at radius 2 is 1.89 bits per heavy atom. The van der Waals surface area contributed by atoms with Gasteiger partial charge in [-0.05, 0) is 36.8 Å². The lowest BCUT2D eigenvalue weighted by Crippen LogP contribution is -2.11. The fraction of sp³-hybridized carbons (Fsp3) is 0.154. The molecule has 0 saturated carbocycles. The maximum Gasteiger partial charge on any atom is 0.142 e. The topological polar surface area (TPSA) is 63.0 Å². The minimum Gasteiger partial charge on any atom is -0.363 e. The molecule has 4 N–H and O–H groups in total. The normalized spacial score (nSPS) is 11.9. The number of hydrazine groups is 1. The zero-order chi connectivity index (χ0) is 13.0. The second-order valence-corrected chi connectivity index (χ2v) is 3.97. The number of rotatable bonds is 4. The summed E-state index contributed by atoms with van der Waals surface area (Å²) in [6.07, 6.45) is 0. The summed E-state index contributed by atoms with van der Waals surface area (Å²) in [7, 11) is 0. The molecule has 18 heavy (non-hydrogen) atoms. The number of nitrogens with two attached hydrogens (primary N) is 1. The minimum atomic E-state index is -0.244. The van der Waals surface area contributed by atoms with Gasteiger partial charge in [0, 0.05) is 0 Å². The molecule has 2 aromatic rings. The third kappa shape index (κ3) is 2.95. The SMILES string of the molecule is CC(Nc1cccc(NN)n1)c1cccc(F)c1. The molecule has 2 rings (SSSR count). The Bertz CT molecular complexity index is 530. The monoisotopic (exact) mass is 246 g/mol. The van der Waals surface area contributed by atoms with E-state index in [4.69, 9.17) is 5.84 Å². The molecule has 0 spiro atoms. The molecule has 5 heteroatoms. The summed E-state index contributed by atoms with van der Waals surface area (Å²) >= 11 is 0. The lowest BCUT2D eigenvalue weighted by atomic mass is 10.1. The smallest absolute Gasteiger partial charge is 0.142 e. The minimum absolute atomic E-state index is 0.0405. The Balaban J connectivity index is 2.13. The van der Waals surface area contributed by atoms with E-state index in [-0.39, 0.29) is 11.9 Å². The highest BCUT2D eigenvalue weighted by Gasteiger charge is 2.07. The average Bonchev–Trinajstić information content (AvgIpc) is 2.39. The predicted octanol–water partition coefficient (Wildman–Crippen LogP) is 2.68. The summed E-state index contributed by atoms with van der Waals surface area (Å²) < 4.78 is 13.1. The molecule has 1 heterocycles. The molecule has 0 bridgehead atoms. The van der Waals surface area contributed by atoms with E-state index in [1.54, 1.807) is 12.1 Å². The van der Waals surface area contributed by atoms with Gasteiger partial charge in [0.1, 0.15) is 17.5 Å². The van der Waals surface area contributed by atoms with Crippen LogP contribution in [0, 0.1) is 5.82 Å². The molecule has 0 aliphatic heterocycles. The molecule has 94 valence electrons. The first-order valence-corrected chi connectivity index (χ1v) is 5.64. The zero-order valence-electron chi connectivity index (χ0n) is 10.0. The Hall–Kier alpha value is -2.14. The summed E-state index contributed by atoms with van der Waals surface area (Å²) in [5, 5.41) is 3.19. The second kappa shape index (κ2) is 5.46. The fourth-order valence-corrected chi connectivity index (χ4v) is 1.68. The van der Waals surface area contributed by atoms with Crippen molar-refractivity contribution < 1.29 is 4.39 Å². The van der Waals surface area contributed by atoms with Crippen molar-refractivity contribution in [2.24, 2.45) is 5.84 Å². The van der Waals surface area contributed by atoms with E-state index >= 15 is 0 Å². The predicted molar refractivity (Wildman–Crippen MR) is 70.5 cm³/mol. The van der Waals surface area contributed by atoms with Crippen LogP contribution in [0.2, 0.25) is 0 Å². The summed E-state index contributed by atoms with van der Waals surface area (Å²) in [6.45, 7) is 1.94. The van der Waals surface area contributed by atoms with Crippen LogP contribution in [-0.4, -0.2) is 4.98 Å². The molecule has 1 atom stereocenters. The molecule has 0 amide bonds. The summed E-state index contributed by atoms with van der Waals surface area (Å²) in [5.74, 6) is 6.30. The van der Waals surface area contributed by atoms with Gasteiger partial charge in [-0.2, -0.15) is 0 Å². The van der Waals surface area contributed by atoms with Gasteiger partial charge < -0.3 is 10.7 Å². The number of hydrogen-bond donors (Lipinski definition) is 3. The van der Waals surface area contributed by atoms with Crippen molar-refractivity contribution in [3.8, 4) is 0 Å². The Labute approximate surface area is 105 Å². The quantitative estimate of drug-likeness (QED) is 0.573. The highest BCUT2D eigenvalue weighted by molar-refractivity contribution is 5.45. The number of benzene rings is 1. The Morgan fingerprint density at radius 1 is 1.17 bits per heavy atom. The number of pyridine rings is 1. The molecule has 1 unspecified atom stereocenters. The number of nitrogens with zero attached hydrogens (tertiary/aromatic N) is 1. The molecule has 0 fully saturated rings. The van der Waals surface area contributed by atoms with Crippen LogP contribution in [0.3, 0.4) is 0 Å². The molecule has 0 aliphatic rings. The van der Waals surface area contributed by atoms with Crippen molar-refractivity contribution in [2.75, 3.05) is 10.7 Å². The van der Waals surface area contributed by atoms with Gasteiger partial charge in [0.15, 0.2) is 0 Å². The third-order valence-corrected chi connectivity index (χ3v) is 2.61. The van der Waals surface area contributed by atoms with E-state index in [9.17, 15) is 4.39 Å². The van der Waals surface area contributed by atoms with Crippen molar-refractivity contribution in [1.29, 1.82) is 0 Å². The number of aromatic nitrogens is 1. The molecule has 0 radical (unpaired) electrons. The van der Waals surface area contributed by atoms with Crippen LogP contribution in [0.5, 0.6) is 0 Å². The summed E-state index contributed by atoms with van der Waals surface area (Å²) in [5.41, 5.74) is 3.34. The van der Waals surface area contributed by atoms with Crippen LogP contribution in [0.1, 0.15) is 18.5 Å². The number of hydrogen-bond acceptors (Lipinski definition) is 4. The van der Waals surface area contributed by atoms with Crippen molar-refractivity contribution >= 4 is 11.6 Å². The average molecular weight is 246 g/mol. The first kappa shape index (κ1) is 12.3. The highest BCUT2D eigenvalue weighted by Crippen LogP contribution is 2.19. The van der Waals surface area contributed by atoms with Crippen molar-refractivity contribution in [3.63, 3.8) is 0 Å². The van der Waals surface area contributed by atoms with Crippen LogP contribution in [0.4, 0.5) is 16.0 Å². The van der Waals surface area contributed by atoms with E-state index in [1.165, 1.54) is 12.1 Å². The molecule has 4 nitrogen and oxygen atoms in total. The molecule has 0 saturated heterocycles. The number of nitrogen functional groups attached to an aromatic ring is 1. The van der Waals surface area contributed by atoms with Crippen molar-refractivity contribution in [3.05, 3.63) is 53.8 Å². The number of nitrogens with one attached hydrogen (secondary N) is 2. The molecular formula is C13H15FN4. The number of halogens is 1. The largest absolute Gasteiger partial charge is 0.363 e. The maximum atomic E-state index is 13.1. The van der Waals surface area contributed by atoms with Gasteiger partial charge in [0.05, 0.1) is 6.04 Å². The van der Waals surface area contributed by atoms with E-state index < -0.39 is 0 Å². The second-order valence-electron chi connectivity index (χ2n) is 3.97. The Morgan fingerprint density at radius 3 is 2.61 bits per heavy atom. The highest BCUT2D eigenvalue weighted by atomic mass is 19.1. The van der Waals surface area contributed by atoms with Crippen LogP contribution < -0.4 is 16.6 Å². The van der Waals surface area contributed by atoms with Crippen LogP contribution >= 0.6 is 0 Å². The summed E-state index contributed by atoms with van der Waals surface area (Å²) in [6, 6.07) is 11.9. The lowest BCUT2D eigenvalue weighted by Gasteiger charge is -2.15. The third-order valence-electron chi connectivity index (χ3n) is 2.61. The van der Waals surface area contributed by atoms with Crippen molar-refractivity contribution in [1.82, 2.24) is 4.98 Å². The van der Waals surface area contributed by atoms with E-state index in [0.29, 0.717) is 11.6 Å². The molecule has 1 aromatic heterocycles. The maximum absolute atomic E-state index is 13.1. The van der Waals surface area contributed by atoms with Gasteiger partial charge in [-0.15, -0.1) is 0 Å². The van der Waals surface area contributed by atoms with Crippen LogP contribution in [-0.2, 0) is 0 Å². The standard InChI is InChI=1S/C13H15FN4/c1-9(10-4-2-5-11(14)8-10)16-12-6-3-7-13(17-12)18-15/h2-9H,15H2,1H3,(H2,16,17,18). The molecule has 1 aromatic carbocycles. The lowest BCUT2D eigenvalue weighted by molar-refractivity contribution is 0.623. The van der Waals surface area contributed by atoms with Gasteiger partial charge >= 0.3 is 0 Å². The first-order valence-electron chi connectivity index (χ1n) is 5.64. The van der Waals surface area contributed by atoms with E-state index in [0.717, 1.165) is 5.56 Å². The van der Waals surface area contributed by atoms with Crippen LogP contribution in [0.25, 0.3) is 0 Å². The zero-order valence-corrected chi connectivity index (χ0v) is 10.0. The number of anilines is 2. The van der Waals surface area contributed by atoms with Gasteiger partial charge in [-0.3, -0.25) is 0 Å². The van der Waals surface area contributed by atoms with Crippen molar-refractivity contribution in [2.45, 2.75) is 13.0 Å². The Kier molecular flexibility index (Phi) is 3.74. The fourth-order valence-electron chi connectivity index (χ4n) is 1.68. The van der Waals surface area contributed by atoms with Gasteiger partial charge in [0.25, 0.3) is 0 Å². The van der Waals surface area contributed by atoms with Gasteiger partial charge in [-0.1, -0.05) is 18.2 Å². The van der Waals surface area contributed by atoms with Gasteiger partial charge in [-0.25, -0.2) is 15.2 Å². The van der Waals surface area contributed by atoms with Gasteiger partial charge in [0.2, 0.25) is 0 Å². The molecule has 0 aliphatic carbocycles. The molecular weight excluding hydrogens is 231 g/mol.